The second-order valence-corrected chi connectivity index (χ2v) is 10.4. The summed E-state index contributed by atoms with van der Waals surface area (Å²) in [5.74, 6) is -3.35. The number of carbonyl (C=O) groups excluding carboxylic acids is 2. The Bertz CT molecular complexity index is 1590. The number of hydrogen-bond donors (Lipinski definition) is 2. The number of imide groups is 1. The van der Waals surface area contributed by atoms with Gasteiger partial charge in [-0.05, 0) is 53.5 Å². The van der Waals surface area contributed by atoms with E-state index in [2.05, 4.69) is 17.0 Å². The third-order valence-corrected chi connectivity index (χ3v) is 8.02. The number of allylic oxidation sites excluding steroid dienone is 3. The normalized spacial score (nSPS) is 22.3. The second-order valence-electron chi connectivity index (χ2n) is 9.58. The number of hydrogen-bond acceptors (Lipinski definition) is 6. The van der Waals surface area contributed by atoms with E-state index in [9.17, 15) is 27.9 Å². The van der Waals surface area contributed by atoms with E-state index in [1.165, 1.54) is 13.2 Å². The lowest BCUT2D eigenvalue weighted by Crippen LogP contribution is -2.48. The van der Waals surface area contributed by atoms with Crippen LogP contribution in [-0.4, -0.2) is 34.0 Å². The fourth-order valence-electron chi connectivity index (χ4n) is 5.68. The minimum atomic E-state index is -4.69. The molecule has 1 aliphatic heterocycles. The topological polar surface area (TPSA) is 91.8 Å². The van der Waals surface area contributed by atoms with Crippen molar-refractivity contribution in [2.45, 2.75) is 23.9 Å². The maximum absolute atomic E-state index is 14.6. The highest BCUT2D eigenvalue weighted by atomic mass is 35.5. The van der Waals surface area contributed by atoms with Crippen molar-refractivity contribution in [3.05, 3.63) is 106 Å². The van der Waals surface area contributed by atoms with Crippen LogP contribution in [0.25, 0.3) is 0 Å². The quantitative estimate of drug-likeness (QED) is 0.306. The number of alkyl halides is 3. The van der Waals surface area contributed by atoms with Crippen LogP contribution in [0.1, 0.15) is 29.0 Å². The number of aromatic nitrogens is 1. The molecule has 0 radical (unpaired) electrons. The summed E-state index contributed by atoms with van der Waals surface area (Å²) in [6, 6.07) is 11.8. The average Bonchev–Trinajstić information content (AvgIpc) is 3.15. The molecule has 0 saturated carbocycles. The van der Waals surface area contributed by atoms with Crippen LogP contribution in [0, 0.1) is 5.92 Å². The predicted molar refractivity (Wildman–Crippen MR) is 147 cm³/mol. The van der Waals surface area contributed by atoms with Crippen molar-refractivity contribution >= 4 is 40.8 Å². The van der Waals surface area contributed by atoms with Crippen LogP contribution in [0.2, 0.25) is 10.0 Å². The molecule has 1 saturated heterocycles. The van der Waals surface area contributed by atoms with Crippen LogP contribution in [0.5, 0.6) is 11.5 Å². The van der Waals surface area contributed by atoms with E-state index in [1.807, 2.05) is 0 Å². The number of ether oxygens (including phenoxy) is 1. The van der Waals surface area contributed by atoms with Crippen molar-refractivity contribution in [1.82, 2.24) is 9.99 Å². The summed E-state index contributed by atoms with van der Waals surface area (Å²) in [5, 5.41) is 11.3. The number of fused-ring (bicyclic) bond motifs is 1. The summed E-state index contributed by atoms with van der Waals surface area (Å²) in [4.78, 5) is 32.2. The first-order valence-electron chi connectivity index (χ1n) is 12.3. The largest absolute Gasteiger partial charge is 0.504 e. The lowest BCUT2D eigenvalue weighted by Gasteiger charge is -2.43. The van der Waals surface area contributed by atoms with Crippen molar-refractivity contribution in [2.24, 2.45) is 5.92 Å². The highest BCUT2D eigenvalue weighted by Gasteiger charge is 2.66. The zero-order chi connectivity index (χ0) is 29.7. The minimum Gasteiger partial charge on any atom is -0.504 e. The van der Waals surface area contributed by atoms with Gasteiger partial charge < -0.3 is 9.84 Å². The molecule has 2 amide bonds. The Morgan fingerprint density at radius 3 is 2.46 bits per heavy atom. The first-order chi connectivity index (χ1) is 19.4. The van der Waals surface area contributed by atoms with E-state index in [0.717, 1.165) is 5.01 Å². The van der Waals surface area contributed by atoms with Gasteiger partial charge in [-0.2, -0.15) is 18.2 Å². The molecule has 1 aromatic heterocycles. The molecule has 3 aromatic rings. The number of anilines is 1. The number of aromatic hydroxyl groups is 1. The van der Waals surface area contributed by atoms with E-state index < -0.39 is 45.8 Å². The van der Waals surface area contributed by atoms with Gasteiger partial charge in [0.2, 0.25) is 0 Å². The van der Waals surface area contributed by atoms with Crippen LogP contribution in [0.3, 0.4) is 0 Å². The van der Waals surface area contributed by atoms with Gasteiger partial charge in [-0.3, -0.25) is 15.0 Å². The number of rotatable bonds is 6. The van der Waals surface area contributed by atoms with E-state index >= 15 is 0 Å². The molecular weight excluding hydrogens is 582 g/mol. The molecule has 0 spiro atoms. The van der Waals surface area contributed by atoms with Gasteiger partial charge in [0.05, 0.1) is 29.0 Å². The number of nitrogens with zero attached hydrogens (tertiary/aromatic N) is 2. The molecule has 12 heteroatoms. The van der Waals surface area contributed by atoms with Crippen molar-refractivity contribution in [1.29, 1.82) is 0 Å². The molecule has 7 nitrogen and oxygen atoms in total. The summed E-state index contributed by atoms with van der Waals surface area (Å²) in [6.45, 7) is 3.92. The molecule has 2 N–H and O–H groups in total. The molecule has 3 atom stereocenters. The number of phenols is 1. The first-order valence-corrected chi connectivity index (χ1v) is 13.0. The lowest BCUT2D eigenvalue weighted by atomic mass is 9.56. The van der Waals surface area contributed by atoms with Crippen LogP contribution >= 0.6 is 23.2 Å². The number of amides is 2. The highest BCUT2D eigenvalue weighted by molar-refractivity contribution is 6.33. The summed E-state index contributed by atoms with van der Waals surface area (Å²) in [6.07, 6.45) is -0.592. The monoisotopic (exact) mass is 603 g/mol. The van der Waals surface area contributed by atoms with Crippen molar-refractivity contribution in [3.8, 4) is 11.5 Å². The summed E-state index contributed by atoms with van der Waals surface area (Å²) >= 11 is 12.3. The Morgan fingerprint density at radius 1 is 1.17 bits per heavy atom. The Labute approximate surface area is 242 Å². The number of carbonyl (C=O) groups is 2. The molecule has 0 bridgehead atoms. The number of hydrazine groups is 1. The number of benzene rings is 2. The van der Waals surface area contributed by atoms with E-state index in [-0.39, 0.29) is 23.7 Å². The predicted octanol–water partition coefficient (Wildman–Crippen LogP) is 6.67. The van der Waals surface area contributed by atoms with Gasteiger partial charge in [-0.1, -0.05) is 60.1 Å². The smallest absolute Gasteiger partial charge is 0.417 e. The van der Waals surface area contributed by atoms with Gasteiger partial charge in [0.1, 0.15) is 0 Å². The average molecular weight is 604 g/mol. The lowest BCUT2D eigenvalue weighted by molar-refractivity contribution is -0.139. The van der Waals surface area contributed by atoms with Gasteiger partial charge in [-0.15, -0.1) is 0 Å². The Kier molecular flexibility index (Phi) is 7.25. The molecule has 1 fully saturated rings. The second kappa shape index (κ2) is 10.4. The molecular formula is C29H22Cl2F3N3O4. The first kappa shape index (κ1) is 28.5. The molecule has 5 rings (SSSR count). The van der Waals surface area contributed by atoms with E-state index in [4.69, 9.17) is 27.9 Å². The third-order valence-electron chi connectivity index (χ3n) is 7.48. The summed E-state index contributed by atoms with van der Waals surface area (Å²) in [7, 11) is 1.40. The van der Waals surface area contributed by atoms with Gasteiger partial charge in [0.15, 0.2) is 17.3 Å². The van der Waals surface area contributed by atoms with Crippen LogP contribution in [0.15, 0.2) is 79.0 Å². The summed E-state index contributed by atoms with van der Waals surface area (Å²) in [5.41, 5.74) is 1.52. The Balaban J connectivity index is 1.69. The van der Waals surface area contributed by atoms with Gasteiger partial charge in [0, 0.05) is 17.1 Å². The van der Waals surface area contributed by atoms with Crippen LogP contribution < -0.4 is 10.2 Å². The Hall–Kier alpha value is -4.02. The molecule has 212 valence electrons. The number of nitrogens with one attached hydrogen (secondary N) is 1. The minimum absolute atomic E-state index is 0.152. The highest BCUT2D eigenvalue weighted by Crippen LogP contribution is 2.58. The Morgan fingerprint density at radius 2 is 1.88 bits per heavy atom. The van der Waals surface area contributed by atoms with Crippen molar-refractivity contribution < 1.29 is 32.6 Å². The molecule has 2 heterocycles. The zero-order valence-corrected chi connectivity index (χ0v) is 22.9. The fraction of sp³-hybridized carbons (Fsp3) is 0.207. The maximum Gasteiger partial charge on any atom is 0.417 e. The molecule has 2 aliphatic rings. The van der Waals surface area contributed by atoms with Crippen LogP contribution in [0.4, 0.5) is 19.0 Å². The molecule has 3 unspecified atom stereocenters. The molecule has 2 aromatic carbocycles. The maximum atomic E-state index is 14.6. The van der Waals surface area contributed by atoms with Gasteiger partial charge >= 0.3 is 6.18 Å². The summed E-state index contributed by atoms with van der Waals surface area (Å²) < 4.78 is 44.7. The molecule has 1 aliphatic carbocycles. The van der Waals surface area contributed by atoms with E-state index in [0.29, 0.717) is 34.0 Å². The number of methoxy groups -OCH3 is 1. The third kappa shape index (κ3) is 4.61. The van der Waals surface area contributed by atoms with E-state index in [1.54, 1.807) is 48.6 Å². The van der Waals surface area contributed by atoms with Gasteiger partial charge in [0.25, 0.3) is 11.8 Å². The zero-order valence-electron chi connectivity index (χ0n) is 21.4. The number of phenolic OH excluding ortho intramolecular Hbond substituents is 1. The van der Waals surface area contributed by atoms with Crippen molar-refractivity contribution in [2.75, 3.05) is 12.5 Å². The standard InChI is InChI=1S/C29H22Cl2F3N3O4/c1-3-15-4-10-20-26(39)37(36-25-21(31)13-18(14-35-25)29(32,33)34)27(40)28(20,17-6-8-19(30)9-7-17)24(15)16-5-11-23(41-2)22(38)12-16/h3-9,11-14,20,24,38H,1,10H2,2H3,(H,35,36). The SMILES string of the molecule is C=CC1=CCC2C(=O)N(Nc3ncc(C(F)(F)F)cc3Cl)C(=O)C2(c2ccc(Cl)cc2)C1c1ccc(OC)c(O)c1. The van der Waals surface area contributed by atoms with Gasteiger partial charge in [-0.25, -0.2) is 4.98 Å². The number of pyridine rings is 1. The van der Waals surface area contributed by atoms with Crippen LogP contribution in [-0.2, 0) is 21.2 Å². The molecule has 41 heavy (non-hydrogen) atoms. The fourth-order valence-corrected chi connectivity index (χ4v) is 6.01. The number of halogens is 5. The van der Waals surface area contributed by atoms with Crippen molar-refractivity contribution in [3.63, 3.8) is 0 Å².